The number of rotatable bonds is 1. The molecule has 1 amide bonds. The number of nitrogens with two attached hydrogens (primary N) is 1. The first-order valence-electron chi connectivity index (χ1n) is 6.20. The predicted molar refractivity (Wildman–Crippen MR) is 69.6 cm³/mol. The maximum absolute atomic E-state index is 12.4. The molecule has 1 saturated heterocycles. The lowest BCUT2D eigenvalue weighted by Gasteiger charge is -2.14. The van der Waals surface area contributed by atoms with Gasteiger partial charge in [0, 0.05) is 29.9 Å². The third kappa shape index (κ3) is 1.37. The fraction of sp³-hybridized carbons (Fsp3) is 0.462. The zero-order valence-electron chi connectivity index (χ0n) is 9.89. The summed E-state index contributed by atoms with van der Waals surface area (Å²) in [5.41, 5.74) is 6.37. The average Bonchev–Trinajstić information content (AvgIpc) is 2.69. The van der Waals surface area contributed by atoms with Crippen LogP contribution in [0.15, 0.2) is 22.8 Å². The summed E-state index contributed by atoms with van der Waals surface area (Å²) in [5.74, 6) is 0.102. The van der Waals surface area contributed by atoms with Crippen LogP contribution in [0.25, 0.3) is 10.3 Å². The number of carbonyl (C=O) groups is 1. The van der Waals surface area contributed by atoms with Crippen LogP contribution in [0, 0.1) is 5.41 Å². The first kappa shape index (κ1) is 10.6. The number of likely N-dealkylation sites (tertiary alicyclic amines) is 1. The van der Waals surface area contributed by atoms with Gasteiger partial charge in [0.05, 0.1) is 11.1 Å². The van der Waals surface area contributed by atoms with Gasteiger partial charge in [-0.05, 0) is 25.0 Å². The van der Waals surface area contributed by atoms with Crippen molar-refractivity contribution in [3.8, 4) is 0 Å². The molecule has 1 unspecified atom stereocenters. The smallest absolute Gasteiger partial charge is 0.264 e. The molecule has 18 heavy (non-hydrogen) atoms. The third-order valence-corrected chi connectivity index (χ3v) is 5.28. The highest BCUT2D eigenvalue weighted by Crippen LogP contribution is 2.52. The average molecular weight is 262 g/mol. The number of thiophene rings is 1. The Morgan fingerprint density at radius 3 is 3.06 bits per heavy atom. The summed E-state index contributed by atoms with van der Waals surface area (Å²) < 4.78 is 5.31. The van der Waals surface area contributed by atoms with E-state index in [4.69, 9.17) is 10.2 Å². The molecule has 2 aromatic rings. The minimum Gasteiger partial charge on any atom is -0.454 e. The summed E-state index contributed by atoms with van der Waals surface area (Å²) in [5, 5.41) is 1.01. The Balaban J connectivity index is 1.62. The van der Waals surface area contributed by atoms with Gasteiger partial charge in [0.1, 0.15) is 0 Å². The molecule has 2 aliphatic rings. The minimum atomic E-state index is 0.102. The fourth-order valence-electron chi connectivity index (χ4n) is 2.86. The van der Waals surface area contributed by atoms with E-state index in [1.807, 2.05) is 17.0 Å². The van der Waals surface area contributed by atoms with Gasteiger partial charge in [-0.3, -0.25) is 4.79 Å². The molecule has 4 rings (SSSR count). The largest absolute Gasteiger partial charge is 0.454 e. The standard InChI is InChI=1S/C13H14N2O2S/c14-10-6-15(7-13(10)2-3-13)11(16)9-5-8-1-4-17-12(8)18-9/h1,4-5,10H,2-3,6-7,14H2. The number of hydrogen-bond acceptors (Lipinski definition) is 4. The van der Waals surface area contributed by atoms with Crippen LogP contribution in [0.1, 0.15) is 22.5 Å². The van der Waals surface area contributed by atoms with Gasteiger partial charge < -0.3 is 15.1 Å². The van der Waals surface area contributed by atoms with Crippen LogP contribution in [-0.4, -0.2) is 29.9 Å². The molecular weight excluding hydrogens is 248 g/mol. The van der Waals surface area contributed by atoms with Crippen molar-refractivity contribution in [1.29, 1.82) is 0 Å². The fourth-order valence-corrected chi connectivity index (χ4v) is 3.81. The van der Waals surface area contributed by atoms with Gasteiger partial charge in [0.25, 0.3) is 5.91 Å². The van der Waals surface area contributed by atoms with E-state index < -0.39 is 0 Å². The zero-order valence-corrected chi connectivity index (χ0v) is 10.7. The molecule has 3 heterocycles. The molecular formula is C13H14N2O2S. The van der Waals surface area contributed by atoms with Crippen molar-refractivity contribution in [3.63, 3.8) is 0 Å². The van der Waals surface area contributed by atoms with Crippen LogP contribution in [0.2, 0.25) is 0 Å². The first-order chi connectivity index (χ1) is 8.68. The summed E-state index contributed by atoms with van der Waals surface area (Å²) in [6.07, 6.45) is 4.00. The van der Waals surface area contributed by atoms with E-state index in [0.717, 1.165) is 21.7 Å². The molecule has 0 radical (unpaired) electrons. The van der Waals surface area contributed by atoms with E-state index in [1.165, 1.54) is 24.2 Å². The lowest BCUT2D eigenvalue weighted by Crippen LogP contribution is -2.32. The first-order valence-corrected chi connectivity index (χ1v) is 7.02. The SMILES string of the molecule is NC1CN(C(=O)c2cc3ccoc3s2)CC12CC2. The second-order valence-corrected chi connectivity index (χ2v) is 6.44. The molecule has 2 aromatic heterocycles. The molecule has 2 N–H and O–H groups in total. The molecule has 1 spiro atoms. The van der Waals surface area contributed by atoms with Crippen LogP contribution in [0.4, 0.5) is 0 Å². The minimum absolute atomic E-state index is 0.102. The van der Waals surface area contributed by atoms with Crippen molar-refractivity contribution >= 4 is 27.5 Å². The molecule has 2 fully saturated rings. The number of hydrogen-bond donors (Lipinski definition) is 1. The second-order valence-electron chi connectivity index (χ2n) is 5.43. The van der Waals surface area contributed by atoms with Gasteiger partial charge in [-0.25, -0.2) is 0 Å². The van der Waals surface area contributed by atoms with Crippen molar-refractivity contribution < 1.29 is 9.21 Å². The number of fused-ring (bicyclic) bond motifs is 1. The molecule has 1 saturated carbocycles. The normalized spacial score (nSPS) is 25.2. The Kier molecular flexibility index (Phi) is 1.98. The van der Waals surface area contributed by atoms with Crippen molar-refractivity contribution in [2.24, 2.45) is 11.1 Å². The number of furan rings is 1. The monoisotopic (exact) mass is 262 g/mol. The molecule has 1 aliphatic carbocycles. The highest BCUT2D eigenvalue weighted by molar-refractivity contribution is 7.20. The number of amides is 1. The lowest BCUT2D eigenvalue weighted by molar-refractivity contribution is 0.0789. The maximum Gasteiger partial charge on any atom is 0.264 e. The Bertz CT molecular complexity index is 597. The highest BCUT2D eigenvalue weighted by Gasteiger charge is 2.54. The van der Waals surface area contributed by atoms with Gasteiger partial charge in [0.15, 0.2) is 4.90 Å². The number of nitrogens with zero attached hydrogens (tertiary/aromatic N) is 1. The van der Waals surface area contributed by atoms with E-state index in [2.05, 4.69) is 0 Å². The topological polar surface area (TPSA) is 59.5 Å². The van der Waals surface area contributed by atoms with Crippen LogP contribution in [0.5, 0.6) is 0 Å². The van der Waals surface area contributed by atoms with Gasteiger partial charge in [-0.15, -0.1) is 0 Å². The van der Waals surface area contributed by atoms with Crippen LogP contribution in [-0.2, 0) is 0 Å². The molecule has 0 bridgehead atoms. The summed E-state index contributed by atoms with van der Waals surface area (Å²) in [6.45, 7) is 1.52. The van der Waals surface area contributed by atoms with Crippen LogP contribution in [0.3, 0.4) is 0 Å². The zero-order chi connectivity index (χ0) is 12.3. The lowest BCUT2D eigenvalue weighted by atomic mass is 10.0. The maximum atomic E-state index is 12.4. The van der Waals surface area contributed by atoms with Gasteiger partial charge in [-0.1, -0.05) is 11.3 Å². The van der Waals surface area contributed by atoms with Crippen molar-refractivity contribution in [2.75, 3.05) is 13.1 Å². The van der Waals surface area contributed by atoms with E-state index >= 15 is 0 Å². The van der Waals surface area contributed by atoms with Crippen LogP contribution < -0.4 is 5.73 Å². The Hall–Kier alpha value is -1.33. The van der Waals surface area contributed by atoms with Crippen molar-refractivity contribution in [1.82, 2.24) is 4.90 Å². The number of carbonyl (C=O) groups excluding carboxylic acids is 1. The van der Waals surface area contributed by atoms with Crippen molar-refractivity contribution in [2.45, 2.75) is 18.9 Å². The quantitative estimate of drug-likeness (QED) is 0.855. The molecule has 1 aliphatic heterocycles. The van der Waals surface area contributed by atoms with E-state index in [0.29, 0.717) is 6.54 Å². The van der Waals surface area contributed by atoms with E-state index in [1.54, 1.807) is 6.26 Å². The van der Waals surface area contributed by atoms with E-state index in [9.17, 15) is 4.79 Å². The van der Waals surface area contributed by atoms with Gasteiger partial charge in [-0.2, -0.15) is 0 Å². The molecule has 1 atom stereocenters. The molecule has 94 valence electrons. The summed E-state index contributed by atoms with van der Waals surface area (Å²) in [4.78, 5) is 15.9. The van der Waals surface area contributed by atoms with Gasteiger partial charge in [0.2, 0.25) is 0 Å². The summed E-state index contributed by atoms with van der Waals surface area (Å²) in [6, 6.07) is 3.96. The Labute approximate surface area is 108 Å². The predicted octanol–water partition coefficient (Wildman–Crippen LogP) is 2.06. The summed E-state index contributed by atoms with van der Waals surface area (Å²) in [7, 11) is 0. The van der Waals surface area contributed by atoms with Crippen molar-refractivity contribution in [3.05, 3.63) is 23.3 Å². The van der Waals surface area contributed by atoms with Gasteiger partial charge >= 0.3 is 0 Å². The van der Waals surface area contributed by atoms with Crippen LogP contribution >= 0.6 is 11.3 Å². The molecule has 5 heteroatoms. The molecule has 0 aromatic carbocycles. The highest BCUT2D eigenvalue weighted by atomic mass is 32.1. The molecule has 4 nitrogen and oxygen atoms in total. The third-order valence-electron chi connectivity index (χ3n) is 4.25. The Morgan fingerprint density at radius 2 is 2.39 bits per heavy atom. The van der Waals surface area contributed by atoms with E-state index in [-0.39, 0.29) is 17.4 Å². The Morgan fingerprint density at radius 1 is 1.56 bits per heavy atom. The summed E-state index contributed by atoms with van der Waals surface area (Å²) >= 11 is 1.42. The second kappa shape index (κ2) is 3.36.